The topological polar surface area (TPSA) is 150 Å². The van der Waals surface area contributed by atoms with Gasteiger partial charge in [0.05, 0.1) is 22.5 Å². The van der Waals surface area contributed by atoms with Crippen LogP contribution in [-0.2, 0) is 32.4 Å². The van der Waals surface area contributed by atoms with E-state index in [4.69, 9.17) is 11.6 Å². The van der Waals surface area contributed by atoms with Crippen LogP contribution in [0.4, 0.5) is 5.82 Å². The summed E-state index contributed by atoms with van der Waals surface area (Å²) in [5, 5.41) is 7.84. The van der Waals surface area contributed by atoms with Gasteiger partial charge in [0.15, 0.2) is 5.01 Å². The smallest absolute Gasteiger partial charge is 0.314 e. The van der Waals surface area contributed by atoms with Gasteiger partial charge in [0.2, 0.25) is 0 Å². The number of thiazole rings is 1. The summed E-state index contributed by atoms with van der Waals surface area (Å²) in [6.07, 6.45) is 3.06. The standard InChI is InChI=1S/C19H23ClN6O5S2/c1-26-6-5-13-14(9-26)32-19(24-13)18(29)23-12(10-33(2,30)31)8-22-16(27)17(28)25-15-4-3-11(20)7-21-15/h3-4,7,12H,5-6,8-10H2,1-2H3,(H,22,27)(H,23,29)(H,21,25,28)/t12-/m0/s1. The number of nitrogens with zero attached hydrogens (tertiary/aromatic N) is 3. The van der Waals surface area contributed by atoms with Gasteiger partial charge in [-0.1, -0.05) is 11.6 Å². The summed E-state index contributed by atoms with van der Waals surface area (Å²) in [4.78, 5) is 48.3. The molecule has 1 aliphatic rings. The number of rotatable bonds is 7. The highest BCUT2D eigenvalue weighted by Crippen LogP contribution is 2.24. The first kappa shape index (κ1) is 25.0. The third kappa shape index (κ3) is 7.45. The fraction of sp³-hybridized carbons (Fsp3) is 0.421. The molecule has 3 amide bonds. The van der Waals surface area contributed by atoms with Crippen molar-refractivity contribution in [2.24, 2.45) is 0 Å². The number of pyridine rings is 1. The van der Waals surface area contributed by atoms with E-state index in [0.29, 0.717) is 11.6 Å². The van der Waals surface area contributed by atoms with Gasteiger partial charge >= 0.3 is 11.8 Å². The van der Waals surface area contributed by atoms with Crippen LogP contribution in [0.1, 0.15) is 20.4 Å². The third-order valence-corrected chi connectivity index (χ3v) is 6.95. The lowest BCUT2D eigenvalue weighted by Crippen LogP contribution is -2.49. The average Bonchev–Trinajstić information content (AvgIpc) is 3.15. The SMILES string of the molecule is CN1CCc2nc(C(=O)N[C@@H](CNC(=O)C(=O)Nc3ccc(Cl)cn3)CS(C)(=O)=O)sc2C1. The number of fused-ring (bicyclic) bond motifs is 1. The van der Waals surface area contributed by atoms with Crippen molar-refractivity contribution in [2.45, 2.75) is 19.0 Å². The monoisotopic (exact) mass is 514 g/mol. The molecular weight excluding hydrogens is 492 g/mol. The molecule has 33 heavy (non-hydrogen) atoms. The van der Waals surface area contributed by atoms with E-state index in [9.17, 15) is 22.8 Å². The van der Waals surface area contributed by atoms with E-state index in [0.717, 1.165) is 29.8 Å². The van der Waals surface area contributed by atoms with Gasteiger partial charge in [-0.15, -0.1) is 11.3 Å². The van der Waals surface area contributed by atoms with Crippen molar-refractivity contribution in [3.8, 4) is 0 Å². The number of anilines is 1. The Morgan fingerprint density at radius 3 is 2.70 bits per heavy atom. The van der Waals surface area contributed by atoms with E-state index in [1.165, 1.54) is 29.7 Å². The maximum absolute atomic E-state index is 12.7. The Bertz CT molecular complexity index is 1150. The average molecular weight is 515 g/mol. The Hall–Kier alpha value is -2.61. The van der Waals surface area contributed by atoms with Gasteiger partial charge in [-0.05, 0) is 19.2 Å². The van der Waals surface area contributed by atoms with Crippen LogP contribution in [0, 0.1) is 0 Å². The van der Waals surface area contributed by atoms with Crippen molar-refractivity contribution in [1.29, 1.82) is 0 Å². The Labute approximate surface area is 199 Å². The number of hydrogen-bond donors (Lipinski definition) is 3. The molecule has 0 saturated carbocycles. The van der Waals surface area contributed by atoms with Crippen molar-refractivity contribution in [3.63, 3.8) is 0 Å². The number of sulfone groups is 1. The second kappa shape index (κ2) is 10.5. The summed E-state index contributed by atoms with van der Waals surface area (Å²) < 4.78 is 23.6. The highest BCUT2D eigenvalue weighted by Gasteiger charge is 2.25. The Morgan fingerprint density at radius 1 is 1.27 bits per heavy atom. The molecule has 14 heteroatoms. The van der Waals surface area contributed by atoms with Gasteiger partial charge in [-0.25, -0.2) is 18.4 Å². The maximum atomic E-state index is 12.7. The number of halogens is 1. The fourth-order valence-corrected chi connectivity index (χ4v) is 5.24. The summed E-state index contributed by atoms with van der Waals surface area (Å²) in [5.74, 6) is -2.83. The van der Waals surface area contributed by atoms with Crippen LogP contribution in [0.2, 0.25) is 5.02 Å². The molecule has 0 spiro atoms. The summed E-state index contributed by atoms with van der Waals surface area (Å²) >= 11 is 6.98. The quantitative estimate of drug-likeness (QED) is 0.439. The van der Waals surface area contributed by atoms with Crippen LogP contribution in [-0.4, -0.2) is 79.2 Å². The maximum Gasteiger partial charge on any atom is 0.314 e. The summed E-state index contributed by atoms with van der Waals surface area (Å²) in [5.41, 5.74) is 0.865. The first-order valence-corrected chi connectivity index (χ1v) is 13.1. The van der Waals surface area contributed by atoms with Crippen LogP contribution in [0.15, 0.2) is 18.3 Å². The Kier molecular flexibility index (Phi) is 8.00. The molecule has 1 aliphatic heterocycles. The molecule has 0 fully saturated rings. The number of likely N-dealkylation sites (N-methyl/N-ethyl adjacent to an activating group) is 1. The van der Waals surface area contributed by atoms with Gasteiger partial charge in [0.1, 0.15) is 15.7 Å². The van der Waals surface area contributed by atoms with E-state index < -0.39 is 39.4 Å². The lowest BCUT2D eigenvalue weighted by atomic mass is 10.2. The lowest BCUT2D eigenvalue weighted by Gasteiger charge is -2.20. The van der Waals surface area contributed by atoms with Gasteiger partial charge in [0.25, 0.3) is 5.91 Å². The number of carbonyl (C=O) groups excluding carboxylic acids is 3. The number of aromatic nitrogens is 2. The van der Waals surface area contributed by atoms with Crippen LogP contribution < -0.4 is 16.0 Å². The van der Waals surface area contributed by atoms with Gasteiger partial charge in [0, 0.05) is 43.4 Å². The Balaban J connectivity index is 1.61. The first-order chi connectivity index (χ1) is 15.5. The summed E-state index contributed by atoms with van der Waals surface area (Å²) in [6.45, 7) is 1.27. The van der Waals surface area contributed by atoms with Crippen LogP contribution >= 0.6 is 22.9 Å². The van der Waals surface area contributed by atoms with Gasteiger partial charge in [-0.2, -0.15) is 0 Å². The van der Waals surface area contributed by atoms with Crippen molar-refractivity contribution in [3.05, 3.63) is 38.9 Å². The third-order valence-electron chi connectivity index (χ3n) is 4.64. The van der Waals surface area contributed by atoms with E-state index in [2.05, 4.69) is 30.8 Å². The van der Waals surface area contributed by atoms with Crippen molar-refractivity contribution in [1.82, 2.24) is 25.5 Å². The van der Waals surface area contributed by atoms with Gasteiger partial charge < -0.3 is 20.9 Å². The van der Waals surface area contributed by atoms with Crippen LogP contribution in [0.3, 0.4) is 0 Å². The molecule has 1 atom stereocenters. The zero-order valence-corrected chi connectivity index (χ0v) is 20.3. The van der Waals surface area contributed by atoms with E-state index in [-0.39, 0.29) is 17.4 Å². The van der Waals surface area contributed by atoms with Gasteiger partial charge in [-0.3, -0.25) is 14.4 Å². The van der Waals surface area contributed by atoms with Crippen molar-refractivity contribution in [2.75, 3.05) is 37.5 Å². The van der Waals surface area contributed by atoms with E-state index >= 15 is 0 Å². The number of nitrogens with one attached hydrogen (secondary N) is 3. The molecule has 2 aromatic heterocycles. The second-order valence-corrected chi connectivity index (χ2v) is 11.4. The van der Waals surface area contributed by atoms with E-state index in [1.54, 1.807) is 0 Å². The van der Waals surface area contributed by atoms with Crippen LogP contribution in [0.5, 0.6) is 0 Å². The minimum absolute atomic E-state index is 0.124. The molecule has 0 saturated heterocycles. The molecule has 0 unspecified atom stereocenters. The molecule has 3 N–H and O–H groups in total. The van der Waals surface area contributed by atoms with Crippen LogP contribution in [0.25, 0.3) is 0 Å². The normalized spacial score (nSPS) is 14.8. The molecule has 3 heterocycles. The largest absolute Gasteiger partial charge is 0.346 e. The first-order valence-electron chi connectivity index (χ1n) is 9.86. The highest BCUT2D eigenvalue weighted by molar-refractivity contribution is 7.90. The zero-order valence-electron chi connectivity index (χ0n) is 17.9. The predicted octanol–water partition coefficient (Wildman–Crippen LogP) is 0.0773. The molecule has 0 aromatic carbocycles. The molecule has 2 aromatic rings. The molecule has 0 aliphatic carbocycles. The summed E-state index contributed by atoms with van der Waals surface area (Å²) in [7, 11) is -1.52. The Morgan fingerprint density at radius 2 is 2.03 bits per heavy atom. The minimum Gasteiger partial charge on any atom is -0.346 e. The van der Waals surface area contributed by atoms with E-state index in [1.807, 2.05) is 7.05 Å². The summed E-state index contributed by atoms with van der Waals surface area (Å²) in [6, 6.07) is 1.96. The van der Waals surface area contributed by atoms with Crippen molar-refractivity contribution >= 4 is 56.3 Å². The molecule has 3 rings (SSSR count). The highest BCUT2D eigenvalue weighted by atomic mass is 35.5. The number of amides is 3. The minimum atomic E-state index is -3.49. The predicted molar refractivity (Wildman–Crippen MR) is 124 cm³/mol. The number of carbonyl (C=O) groups is 3. The second-order valence-electron chi connectivity index (χ2n) is 7.67. The molecular formula is C19H23ClN6O5S2. The zero-order chi connectivity index (χ0) is 24.2. The van der Waals surface area contributed by atoms with Crippen molar-refractivity contribution < 1.29 is 22.8 Å². The molecule has 0 radical (unpaired) electrons. The fourth-order valence-electron chi connectivity index (χ4n) is 3.10. The number of hydrogen-bond acceptors (Lipinski definition) is 9. The molecule has 0 bridgehead atoms. The molecule has 11 nitrogen and oxygen atoms in total. The molecule has 178 valence electrons. The lowest BCUT2D eigenvalue weighted by molar-refractivity contribution is -0.136.